The van der Waals surface area contributed by atoms with E-state index in [1.165, 1.54) is 0 Å². The number of rotatable bonds is 5. The minimum atomic E-state index is -1.22. The Hall–Kier alpha value is -2.08. The Bertz CT molecular complexity index is 413. The van der Waals surface area contributed by atoms with Crippen LogP contribution in [0.25, 0.3) is 0 Å². The normalized spacial score (nSPS) is 14.3. The predicted octanol–water partition coefficient (Wildman–Crippen LogP) is 0.325. The van der Waals surface area contributed by atoms with Crippen LogP contribution in [0.5, 0.6) is 0 Å². The van der Waals surface area contributed by atoms with E-state index >= 15 is 0 Å². The van der Waals surface area contributed by atoms with Gasteiger partial charge in [0.2, 0.25) is 0 Å². The van der Waals surface area contributed by atoms with Crippen molar-refractivity contribution in [1.82, 2.24) is 5.32 Å². The van der Waals surface area contributed by atoms with Crippen LogP contribution in [0.2, 0.25) is 0 Å². The van der Waals surface area contributed by atoms with Crippen molar-refractivity contribution in [2.24, 2.45) is 5.73 Å². The highest BCUT2D eigenvalue weighted by atomic mass is 16.5. The van der Waals surface area contributed by atoms with E-state index in [2.05, 4.69) is 5.32 Å². The number of carbonyl (C=O) groups is 2. The van der Waals surface area contributed by atoms with E-state index in [0.717, 1.165) is 0 Å². The highest BCUT2D eigenvalue weighted by Gasteiger charge is 2.12. The summed E-state index contributed by atoms with van der Waals surface area (Å²) in [4.78, 5) is 21.7. The Morgan fingerprint density at radius 1 is 1.47 bits per heavy atom. The third-order valence-corrected chi connectivity index (χ3v) is 1.89. The molecule has 6 heteroatoms. The van der Waals surface area contributed by atoms with Gasteiger partial charge in [0.15, 0.2) is 0 Å². The molecule has 0 saturated heterocycles. The Morgan fingerprint density at radius 3 is 2.71 bits per heavy atom. The molecule has 0 heterocycles. The van der Waals surface area contributed by atoms with E-state index in [-0.39, 0.29) is 6.54 Å². The first-order valence-electron chi connectivity index (χ1n) is 5.48. The monoisotopic (exact) mass is 239 g/mol. The van der Waals surface area contributed by atoms with Crippen LogP contribution in [0.4, 0.5) is 4.79 Å². The van der Waals surface area contributed by atoms with Crippen molar-refractivity contribution in [1.29, 1.82) is 0 Å². The van der Waals surface area contributed by atoms with E-state index in [9.17, 15) is 9.59 Å². The number of hydrogen-bond acceptors (Lipinski definition) is 4. The van der Waals surface area contributed by atoms with Crippen LogP contribution in [0.1, 0.15) is 6.93 Å². The van der Waals surface area contributed by atoms with Gasteiger partial charge in [-0.3, -0.25) is 4.79 Å². The number of carboxylic acids is 1. The Labute approximate surface area is 99.8 Å². The van der Waals surface area contributed by atoms with Gasteiger partial charge in [0, 0.05) is 6.54 Å². The topological polar surface area (TPSA) is 102 Å². The van der Waals surface area contributed by atoms with Gasteiger partial charge >= 0.3 is 12.1 Å². The summed E-state index contributed by atoms with van der Waals surface area (Å²) in [6, 6.07) is 7.32. The van der Waals surface area contributed by atoms with E-state index in [1.807, 2.05) is 0 Å². The smallest absolute Gasteiger partial charge is 0.407 e. The number of nitrogens with two attached hydrogens (primary N) is 1. The minimum Gasteiger partial charge on any atom is -0.480 e. The number of hydrogen-bond donors (Lipinski definition) is 3. The number of carbonyl (C=O) groups excluding carboxylic acids is 1. The average Bonchev–Trinajstić information content (AvgIpc) is 2.36. The maximum atomic E-state index is 11.3. The summed E-state index contributed by atoms with van der Waals surface area (Å²) in [5, 5.41) is 10.7. The van der Waals surface area contributed by atoms with E-state index < -0.39 is 24.7 Å². The molecule has 1 amide bonds. The quantitative estimate of drug-likeness (QED) is 0.687. The van der Waals surface area contributed by atoms with Gasteiger partial charge in [-0.1, -0.05) is 30.3 Å². The Morgan fingerprint density at radius 2 is 2.12 bits per heavy atom. The zero-order valence-corrected chi connectivity index (χ0v) is 9.00. The zero-order valence-electron chi connectivity index (χ0n) is 10.00. The van der Waals surface area contributed by atoms with Crippen LogP contribution in [0.3, 0.4) is 0 Å². The van der Waals surface area contributed by atoms with E-state index in [0.29, 0.717) is 5.56 Å². The number of nitrogens with one attached hydrogen (secondary N) is 1. The molecule has 2 unspecified atom stereocenters. The third-order valence-electron chi connectivity index (χ3n) is 1.89. The third kappa shape index (κ3) is 4.98. The molecule has 0 aliphatic heterocycles. The van der Waals surface area contributed by atoms with Crippen molar-refractivity contribution >= 4 is 12.1 Å². The fourth-order valence-electron chi connectivity index (χ4n) is 0.975. The summed E-state index contributed by atoms with van der Waals surface area (Å²) in [6.07, 6.45) is -0.879. The van der Waals surface area contributed by atoms with Crippen molar-refractivity contribution in [3.8, 4) is 0 Å². The van der Waals surface area contributed by atoms with Gasteiger partial charge in [0.1, 0.15) is 12.6 Å². The number of aliphatic carboxylic acids is 1. The molecule has 4 N–H and O–H groups in total. The highest BCUT2D eigenvalue weighted by Crippen LogP contribution is 2.00. The summed E-state index contributed by atoms with van der Waals surface area (Å²) in [7, 11) is 0. The lowest BCUT2D eigenvalue weighted by Crippen LogP contribution is -2.42. The second-order valence-corrected chi connectivity index (χ2v) is 3.26. The number of alkyl carbamates (subject to hydrolysis) is 1. The van der Waals surface area contributed by atoms with Crippen LogP contribution >= 0.6 is 0 Å². The molecule has 92 valence electrons. The second kappa shape index (κ2) is 6.49. The molecule has 0 aliphatic rings. The molecular weight excluding hydrogens is 224 g/mol. The summed E-state index contributed by atoms with van der Waals surface area (Å²) in [6.45, 7) is -1.41. The van der Waals surface area contributed by atoms with Crippen LogP contribution < -0.4 is 11.1 Å². The molecule has 0 bridgehead atoms. The first-order chi connectivity index (χ1) is 8.50. The fourth-order valence-corrected chi connectivity index (χ4v) is 0.975. The van der Waals surface area contributed by atoms with Crippen LogP contribution in [0.15, 0.2) is 30.3 Å². The fraction of sp³-hybridized carbons (Fsp3) is 0.273. The van der Waals surface area contributed by atoms with Gasteiger partial charge in [-0.2, -0.15) is 0 Å². The molecule has 1 aromatic rings. The largest absolute Gasteiger partial charge is 0.480 e. The van der Waals surface area contributed by atoms with Crippen LogP contribution in [0, 0.1) is 0 Å². The van der Waals surface area contributed by atoms with Crippen molar-refractivity contribution in [2.45, 2.75) is 12.6 Å². The van der Waals surface area contributed by atoms with Crippen molar-refractivity contribution < 1.29 is 20.8 Å². The molecule has 0 spiro atoms. The molecule has 1 rings (SSSR count). The standard InChI is InChI=1S/C11H14N2O4/c12-9(10(14)15)6-13-11(16)17-7-8-4-2-1-3-5-8/h1-5,9H,6-7,12H2,(H,13,16)(H,14,15)/i7D. The summed E-state index contributed by atoms with van der Waals surface area (Å²) < 4.78 is 12.3. The summed E-state index contributed by atoms with van der Waals surface area (Å²) in [5.74, 6) is -1.22. The van der Waals surface area contributed by atoms with E-state index in [4.69, 9.17) is 16.9 Å². The van der Waals surface area contributed by atoms with Crippen molar-refractivity contribution in [3.05, 3.63) is 35.9 Å². The molecule has 0 fully saturated rings. The van der Waals surface area contributed by atoms with Crippen LogP contribution in [-0.4, -0.2) is 29.8 Å². The molecule has 0 radical (unpaired) electrons. The van der Waals surface area contributed by atoms with Crippen LogP contribution in [-0.2, 0) is 16.1 Å². The lowest BCUT2D eigenvalue weighted by molar-refractivity contribution is -0.138. The number of amides is 1. The molecule has 0 aliphatic carbocycles. The number of carboxylic acid groups (broad SMARTS) is 1. The minimum absolute atomic E-state index is 0.254. The molecule has 2 atom stereocenters. The number of ether oxygens (including phenoxy) is 1. The lowest BCUT2D eigenvalue weighted by atomic mass is 10.2. The molecule has 0 aromatic heterocycles. The lowest BCUT2D eigenvalue weighted by Gasteiger charge is -2.09. The maximum absolute atomic E-state index is 11.3. The summed E-state index contributed by atoms with van der Waals surface area (Å²) >= 11 is 0. The second-order valence-electron chi connectivity index (χ2n) is 3.26. The van der Waals surface area contributed by atoms with Gasteiger partial charge in [-0.25, -0.2) is 4.79 Å². The van der Waals surface area contributed by atoms with Gasteiger partial charge in [-0.15, -0.1) is 0 Å². The first-order valence-corrected chi connectivity index (χ1v) is 4.90. The van der Waals surface area contributed by atoms with Crippen molar-refractivity contribution in [3.63, 3.8) is 0 Å². The summed E-state index contributed by atoms with van der Waals surface area (Å²) in [5.41, 5.74) is 5.71. The highest BCUT2D eigenvalue weighted by molar-refractivity contribution is 5.75. The van der Waals surface area contributed by atoms with E-state index in [1.54, 1.807) is 30.3 Å². The predicted molar refractivity (Wildman–Crippen MR) is 60.2 cm³/mol. The van der Waals surface area contributed by atoms with Crippen molar-refractivity contribution in [2.75, 3.05) is 6.54 Å². The molecule has 0 saturated carbocycles. The molecular formula is C11H14N2O4. The average molecular weight is 239 g/mol. The van der Waals surface area contributed by atoms with Gasteiger partial charge in [0.25, 0.3) is 0 Å². The number of benzene rings is 1. The SMILES string of the molecule is [2H]C(OC(=O)NCC(N)C(=O)O)c1ccccc1. The zero-order chi connectivity index (χ0) is 13.5. The van der Waals surface area contributed by atoms with Gasteiger partial charge in [0.05, 0.1) is 1.37 Å². The molecule has 1 aromatic carbocycles. The first kappa shape index (κ1) is 11.4. The molecule has 6 nitrogen and oxygen atoms in total. The maximum Gasteiger partial charge on any atom is 0.407 e. The Balaban J connectivity index is 2.39. The Kier molecular flexibility index (Phi) is 4.36. The molecule has 17 heavy (non-hydrogen) atoms. The van der Waals surface area contributed by atoms with Gasteiger partial charge < -0.3 is 20.9 Å². The van der Waals surface area contributed by atoms with Gasteiger partial charge in [-0.05, 0) is 5.56 Å².